The third-order valence-electron chi connectivity index (χ3n) is 6.15. The smallest absolute Gasteiger partial charge is 0.338 e. The Morgan fingerprint density at radius 3 is 2.44 bits per heavy atom. The molecule has 2 aromatic carbocycles. The number of halogens is 1. The first-order valence-electron chi connectivity index (χ1n) is 12.8. The number of esters is 1. The number of ether oxygens (including phenoxy) is 3. The van der Waals surface area contributed by atoms with E-state index in [4.69, 9.17) is 14.2 Å². The van der Waals surface area contributed by atoms with Gasteiger partial charge in [0.1, 0.15) is 0 Å². The molecule has 0 amide bonds. The molecule has 10 heteroatoms. The SMILES string of the molecule is CCOC(=O)C1=C(C)N=c2s/c(=C\c3ccc(N(C)C)c(Br)c3)c(=O)n2[C@H]1c1ccc(OCC)c(OCC)c1. The van der Waals surface area contributed by atoms with Crippen LogP contribution in [-0.2, 0) is 9.53 Å². The molecule has 0 bridgehead atoms. The van der Waals surface area contributed by atoms with Crippen LogP contribution in [0.3, 0.4) is 0 Å². The van der Waals surface area contributed by atoms with Crippen LogP contribution in [0.15, 0.2) is 61.9 Å². The standard InChI is InChI=1S/C29H32BrN3O5S/c1-7-36-22-13-11-19(16-23(22)37-8-2)26-25(28(35)38-9-3)17(4)31-29-33(26)27(34)24(39-29)15-18-10-12-21(32(5)6)20(30)14-18/h10-16,26H,7-9H2,1-6H3/b24-15-/t26-/m0/s1. The Hall–Kier alpha value is -3.37. The molecule has 206 valence electrons. The summed E-state index contributed by atoms with van der Waals surface area (Å²) in [6.07, 6.45) is 1.85. The maximum Gasteiger partial charge on any atom is 0.338 e. The fourth-order valence-corrected chi connectivity index (χ4v) is 6.27. The van der Waals surface area contributed by atoms with Gasteiger partial charge in [0.25, 0.3) is 5.56 Å². The predicted octanol–water partition coefficient (Wildman–Crippen LogP) is 4.42. The van der Waals surface area contributed by atoms with Gasteiger partial charge >= 0.3 is 5.97 Å². The molecule has 0 radical (unpaired) electrons. The summed E-state index contributed by atoms with van der Waals surface area (Å²) >= 11 is 4.91. The van der Waals surface area contributed by atoms with Crippen LogP contribution in [0.2, 0.25) is 0 Å². The Morgan fingerprint density at radius 1 is 1.08 bits per heavy atom. The van der Waals surface area contributed by atoms with Crippen molar-refractivity contribution in [2.45, 2.75) is 33.7 Å². The van der Waals surface area contributed by atoms with Crippen LogP contribution in [0.1, 0.15) is 44.9 Å². The summed E-state index contributed by atoms with van der Waals surface area (Å²) in [7, 11) is 3.94. The number of nitrogens with zero attached hydrogens (tertiary/aromatic N) is 3. The number of aromatic nitrogens is 1. The lowest BCUT2D eigenvalue weighted by atomic mass is 9.95. The topological polar surface area (TPSA) is 82.4 Å². The highest BCUT2D eigenvalue weighted by Crippen LogP contribution is 2.36. The van der Waals surface area contributed by atoms with Gasteiger partial charge < -0.3 is 19.1 Å². The summed E-state index contributed by atoms with van der Waals surface area (Å²) in [6, 6.07) is 10.7. The second kappa shape index (κ2) is 12.2. The van der Waals surface area contributed by atoms with Crippen LogP contribution in [0.25, 0.3) is 6.08 Å². The van der Waals surface area contributed by atoms with Gasteiger partial charge in [-0.25, -0.2) is 9.79 Å². The zero-order chi connectivity index (χ0) is 28.3. The summed E-state index contributed by atoms with van der Waals surface area (Å²) in [6.45, 7) is 8.44. The Bertz CT molecular complexity index is 1610. The number of carbonyl (C=O) groups excluding carboxylic acids is 1. The van der Waals surface area contributed by atoms with Gasteiger partial charge in [-0.15, -0.1) is 0 Å². The molecule has 4 rings (SSSR count). The van der Waals surface area contributed by atoms with Crippen molar-refractivity contribution in [2.75, 3.05) is 38.8 Å². The van der Waals surface area contributed by atoms with Gasteiger partial charge in [0, 0.05) is 18.6 Å². The minimum Gasteiger partial charge on any atom is -0.490 e. The zero-order valence-electron chi connectivity index (χ0n) is 22.9. The minimum atomic E-state index is -0.736. The zero-order valence-corrected chi connectivity index (χ0v) is 25.3. The van der Waals surface area contributed by atoms with Crippen LogP contribution in [-0.4, -0.2) is 44.5 Å². The highest BCUT2D eigenvalue weighted by molar-refractivity contribution is 9.10. The van der Waals surface area contributed by atoms with Crippen LogP contribution in [0.5, 0.6) is 11.5 Å². The molecule has 0 aliphatic carbocycles. The van der Waals surface area contributed by atoms with Crippen LogP contribution < -0.4 is 29.3 Å². The van der Waals surface area contributed by atoms with Crippen molar-refractivity contribution < 1.29 is 19.0 Å². The number of fused-ring (bicyclic) bond motifs is 1. The summed E-state index contributed by atoms with van der Waals surface area (Å²) in [4.78, 5) is 34.3. The van der Waals surface area contributed by atoms with Crippen molar-refractivity contribution in [3.8, 4) is 11.5 Å². The second-order valence-electron chi connectivity index (χ2n) is 8.98. The second-order valence-corrected chi connectivity index (χ2v) is 10.8. The number of hydrogen-bond acceptors (Lipinski definition) is 8. The fraction of sp³-hybridized carbons (Fsp3) is 0.345. The molecule has 1 aromatic heterocycles. The molecule has 0 fully saturated rings. The highest BCUT2D eigenvalue weighted by atomic mass is 79.9. The molecule has 0 saturated carbocycles. The molecular weight excluding hydrogens is 582 g/mol. The van der Waals surface area contributed by atoms with Crippen molar-refractivity contribution in [1.29, 1.82) is 0 Å². The highest BCUT2D eigenvalue weighted by Gasteiger charge is 2.34. The molecule has 1 aliphatic heterocycles. The van der Waals surface area contributed by atoms with E-state index in [0.717, 1.165) is 15.7 Å². The normalized spacial score (nSPS) is 15.1. The Labute approximate surface area is 240 Å². The lowest BCUT2D eigenvalue weighted by Crippen LogP contribution is -2.40. The van der Waals surface area contributed by atoms with Gasteiger partial charge in [-0.3, -0.25) is 9.36 Å². The van der Waals surface area contributed by atoms with Crippen LogP contribution in [0, 0.1) is 0 Å². The summed E-state index contributed by atoms with van der Waals surface area (Å²) in [5, 5.41) is 0. The maximum atomic E-state index is 13.9. The lowest BCUT2D eigenvalue weighted by Gasteiger charge is -2.25. The summed E-state index contributed by atoms with van der Waals surface area (Å²) in [5.74, 6) is 0.636. The van der Waals surface area contributed by atoms with E-state index < -0.39 is 12.0 Å². The van der Waals surface area contributed by atoms with Crippen LogP contribution >= 0.6 is 27.3 Å². The summed E-state index contributed by atoms with van der Waals surface area (Å²) in [5.41, 5.74) is 3.19. The van der Waals surface area contributed by atoms with Gasteiger partial charge in [0.2, 0.25) is 0 Å². The Kier molecular flexibility index (Phi) is 8.97. The van der Waals surface area contributed by atoms with E-state index in [1.807, 2.05) is 75.3 Å². The largest absolute Gasteiger partial charge is 0.490 e. The van der Waals surface area contributed by atoms with Crippen molar-refractivity contribution in [2.24, 2.45) is 4.99 Å². The van der Waals surface area contributed by atoms with E-state index >= 15 is 0 Å². The van der Waals surface area contributed by atoms with Gasteiger partial charge in [0.05, 0.1) is 47.4 Å². The molecular formula is C29H32BrN3O5S. The molecule has 1 atom stereocenters. The molecule has 0 saturated heterocycles. The summed E-state index contributed by atoms with van der Waals surface area (Å²) < 4.78 is 20.0. The number of carbonyl (C=O) groups is 1. The lowest BCUT2D eigenvalue weighted by molar-refractivity contribution is -0.139. The number of allylic oxidation sites excluding steroid dienone is 1. The molecule has 0 spiro atoms. The van der Waals surface area contributed by atoms with E-state index in [-0.39, 0.29) is 12.2 Å². The third-order valence-corrected chi connectivity index (χ3v) is 7.77. The molecule has 2 heterocycles. The van der Waals surface area contributed by atoms with E-state index in [0.29, 0.717) is 50.9 Å². The first kappa shape index (κ1) is 28.6. The van der Waals surface area contributed by atoms with Gasteiger partial charge in [-0.1, -0.05) is 23.5 Å². The van der Waals surface area contributed by atoms with E-state index in [1.165, 1.54) is 11.3 Å². The first-order chi connectivity index (χ1) is 18.7. The molecule has 0 N–H and O–H groups in total. The molecule has 3 aromatic rings. The fourth-order valence-electron chi connectivity index (χ4n) is 4.47. The number of hydrogen-bond donors (Lipinski definition) is 0. The maximum absolute atomic E-state index is 13.9. The molecule has 0 unspecified atom stereocenters. The van der Waals surface area contributed by atoms with Crippen molar-refractivity contribution >= 4 is 45.0 Å². The average molecular weight is 615 g/mol. The molecule has 39 heavy (non-hydrogen) atoms. The Balaban J connectivity index is 1.93. The third kappa shape index (κ3) is 5.81. The number of rotatable bonds is 9. The van der Waals surface area contributed by atoms with Gasteiger partial charge in [0.15, 0.2) is 16.3 Å². The van der Waals surface area contributed by atoms with Crippen molar-refractivity contribution in [3.63, 3.8) is 0 Å². The first-order valence-corrected chi connectivity index (χ1v) is 14.4. The van der Waals surface area contributed by atoms with Crippen molar-refractivity contribution in [1.82, 2.24) is 4.57 Å². The quantitative estimate of drug-likeness (QED) is 0.332. The van der Waals surface area contributed by atoms with Crippen molar-refractivity contribution in [3.05, 3.63) is 83.0 Å². The average Bonchev–Trinajstić information content (AvgIpc) is 3.18. The number of benzene rings is 2. The van der Waals surface area contributed by atoms with E-state index in [2.05, 4.69) is 20.9 Å². The van der Waals surface area contributed by atoms with E-state index in [1.54, 1.807) is 18.4 Å². The monoisotopic (exact) mass is 613 g/mol. The molecule has 1 aliphatic rings. The Morgan fingerprint density at radius 2 is 1.79 bits per heavy atom. The number of anilines is 1. The minimum absolute atomic E-state index is 0.206. The van der Waals surface area contributed by atoms with Gasteiger partial charge in [-0.05, 0) is 85.1 Å². The molecule has 8 nitrogen and oxygen atoms in total. The van der Waals surface area contributed by atoms with E-state index in [9.17, 15) is 9.59 Å². The predicted molar refractivity (Wildman–Crippen MR) is 158 cm³/mol. The van der Waals surface area contributed by atoms with Gasteiger partial charge in [-0.2, -0.15) is 0 Å². The van der Waals surface area contributed by atoms with Crippen LogP contribution in [0.4, 0.5) is 5.69 Å². The number of thiazole rings is 1.